The minimum atomic E-state index is -3.18. The standard InChI is InChI=1S/C11H24N2O3S/c1-10-5-3-6-13(11(10)9-12)17(14,15)8-4-7-16-2/h10-11H,3-9,12H2,1-2H3. The molecule has 102 valence electrons. The lowest BCUT2D eigenvalue weighted by Crippen LogP contribution is -2.51. The maximum absolute atomic E-state index is 12.2. The van der Waals surface area contributed by atoms with E-state index in [9.17, 15) is 8.42 Å². The molecule has 0 aromatic heterocycles. The van der Waals surface area contributed by atoms with Crippen molar-refractivity contribution < 1.29 is 13.2 Å². The maximum Gasteiger partial charge on any atom is 0.214 e. The van der Waals surface area contributed by atoms with E-state index in [-0.39, 0.29) is 11.8 Å². The summed E-state index contributed by atoms with van der Waals surface area (Å²) < 4.78 is 30.9. The summed E-state index contributed by atoms with van der Waals surface area (Å²) in [6.45, 7) is 3.58. The van der Waals surface area contributed by atoms with Crippen molar-refractivity contribution in [2.45, 2.75) is 32.2 Å². The molecule has 0 radical (unpaired) electrons. The molecule has 17 heavy (non-hydrogen) atoms. The lowest BCUT2D eigenvalue weighted by molar-refractivity contribution is 0.187. The van der Waals surface area contributed by atoms with Gasteiger partial charge >= 0.3 is 0 Å². The Morgan fingerprint density at radius 2 is 2.18 bits per heavy atom. The highest BCUT2D eigenvalue weighted by atomic mass is 32.2. The van der Waals surface area contributed by atoms with Crippen molar-refractivity contribution >= 4 is 10.0 Å². The third kappa shape index (κ3) is 3.91. The molecule has 5 nitrogen and oxygen atoms in total. The molecule has 2 unspecified atom stereocenters. The van der Waals surface area contributed by atoms with Crippen molar-refractivity contribution in [2.24, 2.45) is 11.7 Å². The Hall–Kier alpha value is -0.170. The van der Waals surface area contributed by atoms with Gasteiger partial charge in [0.25, 0.3) is 0 Å². The number of ether oxygens (including phenoxy) is 1. The normalized spacial score (nSPS) is 27.2. The number of sulfonamides is 1. The van der Waals surface area contributed by atoms with Crippen molar-refractivity contribution in [1.82, 2.24) is 4.31 Å². The first kappa shape index (κ1) is 14.9. The summed E-state index contributed by atoms with van der Waals surface area (Å²) >= 11 is 0. The van der Waals surface area contributed by atoms with Crippen LogP contribution in [0.15, 0.2) is 0 Å². The first-order chi connectivity index (χ1) is 8.03. The van der Waals surface area contributed by atoms with E-state index >= 15 is 0 Å². The Balaban J connectivity index is 2.67. The van der Waals surface area contributed by atoms with Crippen LogP contribution >= 0.6 is 0 Å². The average Bonchev–Trinajstić information content (AvgIpc) is 2.29. The van der Waals surface area contributed by atoms with Crippen LogP contribution in [0.1, 0.15) is 26.2 Å². The van der Waals surface area contributed by atoms with E-state index in [1.54, 1.807) is 11.4 Å². The molecule has 0 aliphatic carbocycles. The van der Waals surface area contributed by atoms with Gasteiger partial charge in [0.05, 0.1) is 5.75 Å². The van der Waals surface area contributed by atoms with Crippen LogP contribution in [0.2, 0.25) is 0 Å². The van der Waals surface area contributed by atoms with E-state index in [1.807, 2.05) is 0 Å². The van der Waals surface area contributed by atoms with Crippen LogP contribution in [-0.4, -0.2) is 51.3 Å². The molecule has 0 aromatic rings. The van der Waals surface area contributed by atoms with Gasteiger partial charge in [0, 0.05) is 32.8 Å². The summed E-state index contributed by atoms with van der Waals surface area (Å²) in [5, 5.41) is 0. The third-order valence-corrected chi connectivity index (χ3v) is 5.39. The number of nitrogens with two attached hydrogens (primary N) is 1. The highest BCUT2D eigenvalue weighted by Gasteiger charge is 2.34. The molecule has 0 aromatic carbocycles. The average molecular weight is 264 g/mol. The van der Waals surface area contributed by atoms with E-state index in [4.69, 9.17) is 10.5 Å². The molecule has 1 saturated heterocycles. The maximum atomic E-state index is 12.2. The molecule has 1 aliphatic heterocycles. The van der Waals surface area contributed by atoms with E-state index in [0.717, 1.165) is 12.8 Å². The molecule has 2 atom stereocenters. The predicted octanol–water partition coefficient (Wildman–Crippen LogP) is 0.412. The number of hydrogen-bond donors (Lipinski definition) is 1. The molecule has 0 spiro atoms. The smallest absolute Gasteiger partial charge is 0.214 e. The van der Waals surface area contributed by atoms with Crippen LogP contribution in [0.25, 0.3) is 0 Å². The fraction of sp³-hybridized carbons (Fsp3) is 1.00. The molecule has 1 heterocycles. The molecule has 0 saturated carbocycles. The van der Waals surface area contributed by atoms with Gasteiger partial charge in [0.15, 0.2) is 0 Å². The molecule has 1 fully saturated rings. The topological polar surface area (TPSA) is 72.6 Å². The zero-order chi connectivity index (χ0) is 12.9. The van der Waals surface area contributed by atoms with Crippen LogP contribution in [0.5, 0.6) is 0 Å². The van der Waals surface area contributed by atoms with Crippen LogP contribution in [0.4, 0.5) is 0 Å². The second-order valence-electron chi connectivity index (χ2n) is 4.70. The van der Waals surface area contributed by atoms with E-state index in [1.165, 1.54) is 0 Å². The Morgan fingerprint density at radius 3 is 2.76 bits per heavy atom. The molecule has 1 aliphatic rings. The summed E-state index contributed by atoms with van der Waals surface area (Å²) in [4.78, 5) is 0. The number of piperidine rings is 1. The summed E-state index contributed by atoms with van der Waals surface area (Å²) in [7, 11) is -1.59. The Morgan fingerprint density at radius 1 is 1.47 bits per heavy atom. The molecule has 6 heteroatoms. The van der Waals surface area contributed by atoms with Gasteiger partial charge in [-0.05, 0) is 25.2 Å². The lowest BCUT2D eigenvalue weighted by Gasteiger charge is -2.38. The van der Waals surface area contributed by atoms with Crippen molar-refractivity contribution in [2.75, 3.05) is 32.6 Å². The highest BCUT2D eigenvalue weighted by molar-refractivity contribution is 7.89. The Labute approximate surface area is 104 Å². The minimum Gasteiger partial charge on any atom is -0.385 e. The van der Waals surface area contributed by atoms with Gasteiger partial charge in [0.2, 0.25) is 10.0 Å². The van der Waals surface area contributed by atoms with Gasteiger partial charge in [-0.15, -0.1) is 0 Å². The number of rotatable bonds is 6. The van der Waals surface area contributed by atoms with Crippen molar-refractivity contribution in [3.05, 3.63) is 0 Å². The van der Waals surface area contributed by atoms with Gasteiger partial charge in [-0.25, -0.2) is 8.42 Å². The number of hydrogen-bond acceptors (Lipinski definition) is 4. The molecular formula is C11H24N2O3S. The Kier molecular flexibility index (Phi) is 5.85. The fourth-order valence-corrected chi connectivity index (χ4v) is 4.24. The van der Waals surface area contributed by atoms with Crippen LogP contribution < -0.4 is 5.73 Å². The minimum absolute atomic E-state index is 0.0312. The second kappa shape index (κ2) is 6.68. The zero-order valence-corrected chi connectivity index (χ0v) is 11.6. The summed E-state index contributed by atoms with van der Waals surface area (Å²) in [6, 6.07) is -0.0312. The van der Waals surface area contributed by atoms with Gasteiger partial charge in [-0.1, -0.05) is 6.92 Å². The van der Waals surface area contributed by atoms with Crippen molar-refractivity contribution in [3.63, 3.8) is 0 Å². The predicted molar refractivity (Wildman–Crippen MR) is 68.2 cm³/mol. The van der Waals surface area contributed by atoms with Gasteiger partial charge < -0.3 is 10.5 Å². The SMILES string of the molecule is COCCCS(=O)(=O)N1CCCC(C)C1CN. The largest absolute Gasteiger partial charge is 0.385 e. The van der Waals surface area contributed by atoms with Crippen LogP contribution in [0.3, 0.4) is 0 Å². The summed E-state index contributed by atoms with van der Waals surface area (Å²) in [6.07, 6.45) is 2.54. The summed E-state index contributed by atoms with van der Waals surface area (Å²) in [5.41, 5.74) is 5.70. The van der Waals surface area contributed by atoms with E-state index in [0.29, 0.717) is 32.0 Å². The number of methoxy groups -OCH3 is 1. The first-order valence-corrected chi connectivity index (χ1v) is 7.82. The summed E-state index contributed by atoms with van der Waals surface area (Å²) in [5.74, 6) is 0.510. The van der Waals surface area contributed by atoms with Gasteiger partial charge in [-0.3, -0.25) is 0 Å². The fourth-order valence-electron chi connectivity index (χ4n) is 2.41. The zero-order valence-electron chi connectivity index (χ0n) is 10.8. The van der Waals surface area contributed by atoms with E-state index in [2.05, 4.69) is 6.92 Å². The first-order valence-electron chi connectivity index (χ1n) is 6.21. The second-order valence-corrected chi connectivity index (χ2v) is 6.74. The monoisotopic (exact) mass is 264 g/mol. The molecule has 0 amide bonds. The Bertz CT molecular complexity index is 319. The molecule has 1 rings (SSSR count). The van der Waals surface area contributed by atoms with Gasteiger partial charge in [-0.2, -0.15) is 4.31 Å². The quantitative estimate of drug-likeness (QED) is 0.705. The molecular weight excluding hydrogens is 240 g/mol. The molecule has 2 N–H and O–H groups in total. The van der Waals surface area contributed by atoms with Crippen LogP contribution in [0, 0.1) is 5.92 Å². The van der Waals surface area contributed by atoms with Crippen molar-refractivity contribution in [1.29, 1.82) is 0 Å². The van der Waals surface area contributed by atoms with Gasteiger partial charge in [0.1, 0.15) is 0 Å². The third-order valence-electron chi connectivity index (χ3n) is 3.41. The van der Waals surface area contributed by atoms with Crippen LogP contribution in [-0.2, 0) is 14.8 Å². The lowest BCUT2D eigenvalue weighted by atomic mass is 9.93. The highest BCUT2D eigenvalue weighted by Crippen LogP contribution is 2.25. The van der Waals surface area contributed by atoms with E-state index < -0.39 is 10.0 Å². The number of nitrogens with zero attached hydrogens (tertiary/aromatic N) is 1. The molecule has 0 bridgehead atoms. The van der Waals surface area contributed by atoms with Crippen molar-refractivity contribution in [3.8, 4) is 0 Å².